The van der Waals surface area contributed by atoms with Gasteiger partial charge in [-0.2, -0.15) is 0 Å². The predicted octanol–water partition coefficient (Wildman–Crippen LogP) is 2.92. The van der Waals surface area contributed by atoms with Crippen molar-refractivity contribution >= 4 is 35.8 Å². The van der Waals surface area contributed by atoms with Crippen molar-refractivity contribution in [2.24, 2.45) is 4.99 Å². The molecule has 1 amide bonds. The SMILES string of the molecule is CN=C(NCCc1ccccc1OC)NCc1ccc(C(=O)N(C)C)cc1.I. The second kappa shape index (κ2) is 12.2. The Morgan fingerprint density at radius 2 is 1.75 bits per heavy atom. The van der Waals surface area contributed by atoms with Crippen molar-refractivity contribution in [2.45, 2.75) is 13.0 Å². The largest absolute Gasteiger partial charge is 0.496 e. The molecule has 0 saturated heterocycles. The molecule has 2 aromatic carbocycles. The van der Waals surface area contributed by atoms with E-state index in [2.05, 4.69) is 21.7 Å². The zero-order valence-electron chi connectivity index (χ0n) is 16.9. The number of amides is 1. The molecule has 0 bridgehead atoms. The molecule has 0 spiro atoms. The summed E-state index contributed by atoms with van der Waals surface area (Å²) < 4.78 is 5.38. The summed E-state index contributed by atoms with van der Waals surface area (Å²) in [5, 5.41) is 6.59. The number of rotatable bonds is 7. The summed E-state index contributed by atoms with van der Waals surface area (Å²) in [6, 6.07) is 15.6. The third-order valence-electron chi connectivity index (χ3n) is 4.17. The van der Waals surface area contributed by atoms with E-state index in [1.165, 1.54) is 0 Å². The number of ether oxygens (including phenoxy) is 1. The van der Waals surface area contributed by atoms with E-state index in [-0.39, 0.29) is 29.9 Å². The smallest absolute Gasteiger partial charge is 0.253 e. The van der Waals surface area contributed by atoms with Crippen molar-refractivity contribution in [3.63, 3.8) is 0 Å². The maximum Gasteiger partial charge on any atom is 0.253 e. The molecule has 0 aliphatic carbocycles. The van der Waals surface area contributed by atoms with Crippen LogP contribution in [0.25, 0.3) is 0 Å². The summed E-state index contributed by atoms with van der Waals surface area (Å²) in [5.41, 5.74) is 2.92. The number of nitrogens with zero attached hydrogens (tertiary/aromatic N) is 2. The number of aliphatic imine (C=N–C) groups is 1. The van der Waals surface area contributed by atoms with E-state index in [4.69, 9.17) is 4.74 Å². The Morgan fingerprint density at radius 1 is 1.07 bits per heavy atom. The van der Waals surface area contributed by atoms with Gasteiger partial charge < -0.3 is 20.3 Å². The minimum absolute atomic E-state index is 0. The molecule has 0 aromatic heterocycles. The molecule has 0 aliphatic rings. The van der Waals surface area contributed by atoms with Crippen LogP contribution >= 0.6 is 24.0 Å². The lowest BCUT2D eigenvalue weighted by Gasteiger charge is -2.14. The van der Waals surface area contributed by atoms with Crippen LogP contribution in [-0.2, 0) is 13.0 Å². The van der Waals surface area contributed by atoms with Crippen LogP contribution in [0.2, 0.25) is 0 Å². The van der Waals surface area contributed by atoms with Gasteiger partial charge in [0.15, 0.2) is 5.96 Å². The first kappa shape index (κ1) is 23.7. The maximum absolute atomic E-state index is 11.9. The summed E-state index contributed by atoms with van der Waals surface area (Å²) in [6.07, 6.45) is 0.839. The molecule has 0 radical (unpaired) electrons. The topological polar surface area (TPSA) is 66.0 Å². The number of hydrogen-bond donors (Lipinski definition) is 2. The fourth-order valence-corrected chi connectivity index (χ4v) is 2.65. The molecule has 0 fully saturated rings. The highest BCUT2D eigenvalue weighted by molar-refractivity contribution is 14.0. The van der Waals surface area contributed by atoms with Crippen molar-refractivity contribution in [1.82, 2.24) is 15.5 Å². The molecule has 152 valence electrons. The van der Waals surface area contributed by atoms with Gasteiger partial charge in [0, 0.05) is 39.8 Å². The third-order valence-corrected chi connectivity index (χ3v) is 4.17. The van der Waals surface area contributed by atoms with Crippen LogP contribution < -0.4 is 15.4 Å². The number of carbonyl (C=O) groups excluding carboxylic acids is 1. The van der Waals surface area contributed by atoms with E-state index in [0.29, 0.717) is 12.1 Å². The van der Waals surface area contributed by atoms with Gasteiger partial charge in [-0.3, -0.25) is 9.79 Å². The van der Waals surface area contributed by atoms with Gasteiger partial charge in [0.1, 0.15) is 5.75 Å². The van der Waals surface area contributed by atoms with E-state index in [9.17, 15) is 4.79 Å². The quantitative estimate of drug-likeness (QED) is 0.352. The highest BCUT2D eigenvalue weighted by atomic mass is 127. The Hall–Kier alpha value is -2.29. The number of para-hydroxylation sites is 1. The lowest BCUT2D eigenvalue weighted by molar-refractivity contribution is 0.0827. The number of benzene rings is 2. The Bertz CT molecular complexity index is 776. The fourth-order valence-electron chi connectivity index (χ4n) is 2.65. The van der Waals surface area contributed by atoms with Crippen LogP contribution in [0.3, 0.4) is 0 Å². The minimum atomic E-state index is 0. The van der Waals surface area contributed by atoms with Gasteiger partial charge in [-0.05, 0) is 35.7 Å². The lowest BCUT2D eigenvalue weighted by atomic mass is 10.1. The predicted molar refractivity (Wildman–Crippen MR) is 125 cm³/mol. The summed E-state index contributed by atoms with van der Waals surface area (Å²) >= 11 is 0. The Morgan fingerprint density at radius 3 is 2.36 bits per heavy atom. The standard InChI is InChI=1S/C21H28N4O2.HI/c1-22-21(23-14-13-17-7-5-6-8-19(17)27-4)24-15-16-9-11-18(12-10-16)20(26)25(2)3;/h5-12H,13-15H2,1-4H3,(H2,22,23,24);1H. The number of hydrogen-bond acceptors (Lipinski definition) is 3. The molecule has 2 N–H and O–H groups in total. The molecular weight excluding hydrogens is 467 g/mol. The van der Waals surface area contributed by atoms with Crippen LogP contribution in [0.15, 0.2) is 53.5 Å². The molecule has 7 heteroatoms. The molecular formula is C21H29IN4O2. The van der Waals surface area contributed by atoms with E-state index in [0.717, 1.165) is 35.8 Å². The second-order valence-corrected chi connectivity index (χ2v) is 6.31. The number of methoxy groups -OCH3 is 1. The molecule has 0 saturated carbocycles. The molecule has 2 rings (SSSR count). The normalized spacial score (nSPS) is 10.6. The van der Waals surface area contributed by atoms with Crippen LogP contribution in [0.1, 0.15) is 21.5 Å². The lowest BCUT2D eigenvalue weighted by Crippen LogP contribution is -2.37. The maximum atomic E-state index is 11.9. The van der Waals surface area contributed by atoms with E-state index >= 15 is 0 Å². The molecule has 0 heterocycles. The summed E-state index contributed by atoms with van der Waals surface area (Å²) in [5.74, 6) is 1.64. The molecule has 0 aliphatic heterocycles. The first-order valence-electron chi connectivity index (χ1n) is 8.92. The second-order valence-electron chi connectivity index (χ2n) is 6.31. The van der Waals surface area contributed by atoms with Crippen LogP contribution in [0.5, 0.6) is 5.75 Å². The molecule has 28 heavy (non-hydrogen) atoms. The van der Waals surface area contributed by atoms with E-state index in [1.807, 2.05) is 42.5 Å². The zero-order chi connectivity index (χ0) is 19.6. The van der Waals surface area contributed by atoms with Gasteiger partial charge in [-0.15, -0.1) is 24.0 Å². The van der Waals surface area contributed by atoms with Crippen molar-refractivity contribution < 1.29 is 9.53 Å². The van der Waals surface area contributed by atoms with Crippen molar-refractivity contribution in [1.29, 1.82) is 0 Å². The summed E-state index contributed by atoms with van der Waals surface area (Å²) in [6.45, 7) is 1.38. The van der Waals surface area contributed by atoms with E-state index in [1.54, 1.807) is 33.2 Å². The van der Waals surface area contributed by atoms with Crippen LogP contribution in [0, 0.1) is 0 Å². The first-order valence-corrected chi connectivity index (χ1v) is 8.92. The number of nitrogens with one attached hydrogen (secondary N) is 2. The zero-order valence-corrected chi connectivity index (χ0v) is 19.2. The average Bonchev–Trinajstić information content (AvgIpc) is 2.70. The van der Waals surface area contributed by atoms with Crippen molar-refractivity contribution in [3.05, 3.63) is 65.2 Å². The minimum Gasteiger partial charge on any atom is -0.496 e. The Balaban J connectivity index is 0.00000392. The van der Waals surface area contributed by atoms with Gasteiger partial charge in [0.25, 0.3) is 5.91 Å². The van der Waals surface area contributed by atoms with Crippen molar-refractivity contribution in [3.8, 4) is 5.75 Å². The summed E-state index contributed by atoms with van der Waals surface area (Å²) in [4.78, 5) is 17.7. The number of carbonyl (C=O) groups is 1. The third kappa shape index (κ3) is 7.03. The number of guanidine groups is 1. The monoisotopic (exact) mass is 496 g/mol. The molecule has 6 nitrogen and oxygen atoms in total. The van der Waals surface area contributed by atoms with Gasteiger partial charge >= 0.3 is 0 Å². The summed E-state index contributed by atoms with van der Waals surface area (Å²) in [7, 11) is 6.93. The van der Waals surface area contributed by atoms with Gasteiger partial charge in [0.2, 0.25) is 0 Å². The van der Waals surface area contributed by atoms with Crippen molar-refractivity contribution in [2.75, 3.05) is 34.8 Å². The molecule has 2 aromatic rings. The number of halogens is 1. The van der Waals surface area contributed by atoms with Crippen LogP contribution in [0.4, 0.5) is 0 Å². The molecule has 0 unspecified atom stereocenters. The van der Waals surface area contributed by atoms with E-state index < -0.39 is 0 Å². The average molecular weight is 496 g/mol. The Kier molecular flexibility index (Phi) is 10.4. The fraction of sp³-hybridized carbons (Fsp3) is 0.333. The first-order chi connectivity index (χ1) is 13.0. The molecule has 0 atom stereocenters. The van der Waals surface area contributed by atoms with Gasteiger partial charge in [-0.1, -0.05) is 30.3 Å². The van der Waals surface area contributed by atoms with Crippen LogP contribution in [-0.4, -0.2) is 51.6 Å². The highest BCUT2D eigenvalue weighted by Crippen LogP contribution is 2.17. The Labute approximate surface area is 184 Å². The van der Waals surface area contributed by atoms with Gasteiger partial charge in [-0.25, -0.2) is 0 Å². The highest BCUT2D eigenvalue weighted by Gasteiger charge is 2.07. The van der Waals surface area contributed by atoms with Gasteiger partial charge in [0.05, 0.1) is 7.11 Å².